The number of hydrogen-bond acceptors (Lipinski definition) is 8. The molecule has 0 saturated heterocycles. The third-order valence-electron chi connectivity index (χ3n) is 5.92. The molecule has 0 spiro atoms. The molecule has 9 nitrogen and oxygen atoms in total. The van der Waals surface area contributed by atoms with Crippen molar-refractivity contribution < 1.29 is 45.4 Å². The van der Waals surface area contributed by atoms with Crippen molar-refractivity contribution in [3.63, 3.8) is 0 Å². The number of nitrogens with zero attached hydrogens (tertiary/aromatic N) is 4. The van der Waals surface area contributed by atoms with E-state index in [0.29, 0.717) is 11.6 Å². The number of aliphatic hydroxyl groups is 1. The number of halogens is 6. The number of pyridine rings is 1. The summed E-state index contributed by atoms with van der Waals surface area (Å²) in [5.41, 5.74) is -8.83. The van der Waals surface area contributed by atoms with Crippen molar-refractivity contribution in [3.05, 3.63) is 71.3 Å². The molecule has 0 aliphatic rings. The maximum absolute atomic E-state index is 14.3. The maximum atomic E-state index is 14.3. The first-order valence-electron chi connectivity index (χ1n) is 13.6. The minimum absolute atomic E-state index is 0.129. The lowest BCUT2D eigenvalue weighted by atomic mass is 9.92. The Labute approximate surface area is 255 Å². The van der Waals surface area contributed by atoms with Crippen LogP contribution >= 0.6 is 0 Å². The Hall–Kier alpha value is -4.45. The molecular formula is C30H33F6N5O4. The molecule has 2 unspecified atom stereocenters. The van der Waals surface area contributed by atoms with E-state index in [-0.39, 0.29) is 12.8 Å². The number of nitriles is 1. The van der Waals surface area contributed by atoms with Crippen LogP contribution in [0.1, 0.15) is 81.7 Å². The summed E-state index contributed by atoms with van der Waals surface area (Å²) in [4.78, 5) is 16.5. The number of rotatable bonds is 8. The van der Waals surface area contributed by atoms with E-state index in [9.17, 15) is 41.5 Å². The summed E-state index contributed by atoms with van der Waals surface area (Å²) < 4.78 is 95.8. The molecule has 15 heteroatoms. The molecule has 0 aliphatic carbocycles. The Kier molecular flexibility index (Phi) is 11.5. The number of carbonyl (C=O) groups excluding carboxylic acids is 1. The standard InChI is InChI=1S/C28H27F6N5O4.C2H6/c1-6-7-10-16(14-35)20-18(27(29,30)31)13-19(36-24(40)43-25(3,4)5)21(37-20)22-38-39-23(42-22)26(41,28(32,33)34)17-11-8-9-15(2)12-17;1-2/h6,8-9,11-13,16,41H,1,7,10H2,2-5H3,(H,36,40);1-2H3. The zero-order valence-corrected chi connectivity index (χ0v) is 25.4. The maximum Gasteiger partial charge on any atom is 0.430 e. The highest BCUT2D eigenvalue weighted by molar-refractivity contribution is 5.89. The number of alkyl halides is 6. The van der Waals surface area contributed by atoms with Crippen molar-refractivity contribution in [2.45, 2.75) is 83.9 Å². The number of anilines is 1. The Morgan fingerprint density at radius 3 is 2.31 bits per heavy atom. The Morgan fingerprint density at radius 2 is 1.80 bits per heavy atom. The van der Waals surface area contributed by atoms with Gasteiger partial charge in [0.15, 0.2) is 5.69 Å². The van der Waals surface area contributed by atoms with Gasteiger partial charge in [-0.3, -0.25) is 5.32 Å². The van der Waals surface area contributed by atoms with E-state index in [4.69, 9.17) is 9.15 Å². The van der Waals surface area contributed by atoms with Crippen LogP contribution in [0.4, 0.5) is 36.8 Å². The fourth-order valence-electron chi connectivity index (χ4n) is 3.98. The highest BCUT2D eigenvalue weighted by atomic mass is 19.4. The molecule has 2 heterocycles. The first-order valence-corrected chi connectivity index (χ1v) is 13.6. The van der Waals surface area contributed by atoms with E-state index in [2.05, 4.69) is 27.1 Å². The highest BCUT2D eigenvalue weighted by Crippen LogP contribution is 2.45. The largest absolute Gasteiger partial charge is 0.444 e. The van der Waals surface area contributed by atoms with Crippen LogP contribution in [-0.2, 0) is 16.5 Å². The van der Waals surface area contributed by atoms with Gasteiger partial charge in [-0.1, -0.05) is 49.8 Å². The van der Waals surface area contributed by atoms with Crippen molar-refractivity contribution in [1.82, 2.24) is 15.2 Å². The van der Waals surface area contributed by atoms with Crippen LogP contribution in [0.25, 0.3) is 11.6 Å². The molecule has 0 fully saturated rings. The number of nitrogens with one attached hydrogen (secondary N) is 1. The molecule has 0 saturated carbocycles. The van der Waals surface area contributed by atoms with E-state index in [1.165, 1.54) is 45.9 Å². The molecule has 45 heavy (non-hydrogen) atoms. The second-order valence-corrected chi connectivity index (χ2v) is 10.5. The predicted octanol–water partition coefficient (Wildman–Crippen LogP) is 8.20. The Morgan fingerprint density at radius 1 is 1.16 bits per heavy atom. The van der Waals surface area contributed by atoms with E-state index >= 15 is 0 Å². The van der Waals surface area contributed by atoms with Gasteiger partial charge >= 0.3 is 18.4 Å². The molecule has 0 radical (unpaired) electrons. The number of aryl methyl sites for hydroxylation is 1. The van der Waals surface area contributed by atoms with Gasteiger partial charge in [0.25, 0.3) is 17.4 Å². The fraction of sp³-hybridized carbons (Fsp3) is 0.433. The summed E-state index contributed by atoms with van der Waals surface area (Å²) in [7, 11) is 0. The third-order valence-corrected chi connectivity index (χ3v) is 5.92. The third kappa shape index (κ3) is 8.59. The van der Waals surface area contributed by atoms with Crippen LogP contribution in [0.5, 0.6) is 0 Å². The molecule has 2 aromatic heterocycles. The van der Waals surface area contributed by atoms with Crippen LogP contribution < -0.4 is 5.32 Å². The second-order valence-electron chi connectivity index (χ2n) is 10.5. The fourth-order valence-corrected chi connectivity index (χ4v) is 3.98. The van der Waals surface area contributed by atoms with E-state index < -0.39 is 75.5 Å². The van der Waals surface area contributed by atoms with Crippen molar-refractivity contribution in [2.24, 2.45) is 0 Å². The van der Waals surface area contributed by atoms with Gasteiger partial charge < -0.3 is 14.3 Å². The minimum atomic E-state index is -5.39. The SMILES string of the molecule is C=CCCC(C#N)c1nc(-c2nnc(C(O)(c3cccc(C)c3)C(F)(F)F)o2)c(NC(=O)OC(C)(C)C)cc1C(F)(F)F.CC. The molecule has 2 N–H and O–H groups in total. The monoisotopic (exact) mass is 641 g/mol. The normalized spacial score (nSPS) is 13.9. The number of allylic oxidation sites excluding steroid dienone is 1. The summed E-state index contributed by atoms with van der Waals surface area (Å²) in [5, 5.41) is 29.5. The molecule has 3 aromatic rings. The first-order chi connectivity index (χ1) is 20.8. The molecular weight excluding hydrogens is 608 g/mol. The lowest BCUT2D eigenvalue weighted by molar-refractivity contribution is -0.255. The summed E-state index contributed by atoms with van der Waals surface area (Å²) in [6.45, 7) is 13.4. The van der Waals surface area contributed by atoms with Gasteiger partial charge in [0.1, 0.15) is 5.60 Å². The van der Waals surface area contributed by atoms with Crippen LogP contribution in [0.15, 0.2) is 47.4 Å². The molecule has 3 rings (SSSR count). The average molecular weight is 642 g/mol. The smallest absolute Gasteiger partial charge is 0.430 e. The second kappa shape index (κ2) is 14.1. The molecule has 0 bridgehead atoms. The Bertz CT molecular complexity index is 1540. The number of carbonyl (C=O) groups is 1. The van der Waals surface area contributed by atoms with Crippen molar-refractivity contribution in [3.8, 4) is 17.7 Å². The number of benzene rings is 1. The van der Waals surface area contributed by atoms with E-state index in [0.717, 1.165) is 12.1 Å². The quantitative estimate of drug-likeness (QED) is 0.186. The van der Waals surface area contributed by atoms with Crippen LogP contribution in [0.3, 0.4) is 0 Å². The van der Waals surface area contributed by atoms with Gasteiger partial charge in [0.05, 0.1) is 28.9 Å². The van der Waals surface area contributed by atoms with Gasteiger partial charge in [-0.2, -0.15) is 31.6 Å². The highest BCUT2D eigenvalue weighted by Gasteiger charge is 2.60. The zero-order valence-electron chi connectivity index (χ0n) is 25.4. The number of amides is 1. The number of hydrogen-bond donors (Lipinski definition) is 2. The zero-order chi connectivity index (χ0) is 34.4. The molecule has 0 aliphatic heterocycles. The topological polar surface area (TPSA) is 134 Å². The molecule has 1 amide bonds. The lowest BCUT2D eigenvalue weighted by Gasteiger charge is -2.27. The van der Waals surface area contributed by atoms with Gasteiger partial charge in [0, 0.05) is 5.56 Å². The van der Waals surface area contributed by atoms with Gasteiger partial charge in [-0.05, 0) is 46.6 Å². The minimum Gasteiger partial charge on any atom is -0.444 e. The van der Waals surface area contributed by atoms with Crippen LogP contribution in [0, 0.1) is 18.3 Å². The van der Waals surface area contributed by atoms with Gasteiger partial charge in [-0.25, -0.2) is 9.78 Å². The van der Waals surface area contributed by atoms with Crippen molar-refractivity contribution >= 4 is 11.8 Å². The van der Waals surface area contributed by atoms with Gasteiger partial charge in [-0.15, -0.1) is 16.8 Å². The summed E-state index contributed by atoms with van der Waals surface area (Å²) in [6.07, 6.45) is -10.3. The van der Waals surface area contributed by atoms with E-state index in [1.807, 2.05) is 13.8 Å². The van der Waals surface area contributed by atoms with Crippen LogP contribution in [0.2, 0.25) is 0 Å². The van der Waals surface area contributed by atoms with E-state index in [1.54, 1.807) is 6.07 Å². The number of ether oxygens (including phenoxy) is 1. The molecule has 1 aromatic carbocycles. The number of aromatic nitrogens is 3. The predicted molar refractivity (Wildman–Crippen MR) is 152 cm³/mol. The molecule has 244 valence electrons. The lowest BCUT2D eigenvalue weighted by Crippen LogP contribution is -2.43. The van der Waals surface area contributed by atoms with Crippen molar-refractivity contribution in [2.75, 3.05) is 5.32 Å². The Balaban J connectivity index is 0.00000345. The van der Waals surface area contributed by atoms with Crippen molar-refractivity contribution in [1.29, 1.82) is 5.26 Å². The molecule has 2 atom stereocenters. The summed E-state index contributed by atoms with van der Waals surface area (Å²) in [6, 6.07) is 6.94. The average Bonchev–Trinajstić information content (AvgIpc) is 3.42. The first kappa shape index (κ1) is 36.7. The summed E-state index contributed by atoms with van der Waals surface area (Å²) in [5.74, 6) is -3.70. The van der Waals surface area contributed by atoms with Crippen LogP contribution in [-0.4, -0.2) is 38.2 Å². The summed E-state index contributed by atoms with van der Waals surface area (Å²) >= 11 is 0. The van der Waals surface area contributed by atoms with Gasteiger partial charge in [0.2, 0.25) is 0 Å².